The Morgan fingerprint density at radius 3 is 2.77 bits per heavy atom. The Balaban J connectivity index is 1.65. The van der Waals surface area contributed by atoms with Gasteiger partial charge in [0, 0.05) is 11.8 Å². The SMILES string of the molecule is C#C[C@@]1(O)CC[C@H]2[C@H]3CCC4=CC(=O)CC[C@H]4[C@H]3CC[C@]21C. The number of terminal acetylenes is 1. The molecule has 2 heteroatoms. The van der Waals surface area contributed by atoms with E-state index in [2.05, 4.69) is 12.8 Å². The van der Waals surface area contributed by atoms with Crippen LogP contribution in [0.3, 0.4) is 0 Å². The lowest BCUT2D eigenvalue weighted by atomic mass is 9.50. The Morgan fingerprint density at radius 1 is 1.18 bits per heavy atom. The molecular weight excluding hydrogens is 272 g/mol. The van der Waals surface area contributed by atoms with E-state index in [1.807, 2.05) is 6.08 Å². The van der Waals surface area contributed by atoms with E-state index in [4.69, 9.17) is 6.42 Å². The van der Waals surface area contributed by atoms with Crippen LogP contribution in [0.15, 0.2) is 11.6 Å². The molecule has 3 saturated carbocycles. The number of carbonyl (C=O) groups is 1. The summed E-state index contributed by atoms with van der Waals surface area (Å²) in [7, 11) is 0. The molecule has 2 nitrogen and oxygen atoms in total. The van der Waals surface area contributed by atoms with Gasteiger partial charge in [0.1, 0.15) is 5.60 Å². The van der Waals surface area contributed by atoms with Crippen LogP contribution in [0.1, 0.15) is 58.3 Å². The number of allylic oxidation sites excluding steroid dienone is 1. The van der Waals surface area contributed by atoms with Crippen molar-refractivity contribution in [3.63, 3.8) is 0 Å². The summed E-state index contributed by atoms with van der Waals surface area (Å²) in [6, 6.07) is 0. The smallest absolute Gasteiger partial charge is 0.155 e. The average Bonchev–Trinajstić information content (AvgIpc) is 2.79. The second-order valence-corrected chi connectivity index (χ2v) is 8.30. The lowest BCUT2D eigenvalue weighted by Gasteiger charge is -2.54. The lowest BCUT2D eigenvalue weighted by Crippen LogP contribution is -2.52. The molecule has 4 rings (SSSR count). The molecule has 0 aromatic rings. The van der Waals surface area contributed by atoms with Crippen molar-refractivity contribution in [3.05, 3.63) is 11.6 Å². The first-order valence-corrected chi connectivity index (χ1v) is 8.92. The maximum atomic E-state index is 11.7. The van der Waals surface area contributed by atoms with Crippen LogP contribution in [0.2, 0.25) is 0 Å². The van der Waals surface area contributed by atoms with Gasteiger partial charge in [-0.1, -0.05) is 18.4 Å². The summed E-state index contributed by atoms with van der Waals surface area (Å²) in [5.74, 6) is 5.66. The molecule has 6 atom stereocenters. The largest absolute Gasteiger partial charge is 0.377 e. The third kappa shape index (κ3) is 1.75. The normalized spacial score (nSPS) is 50.4. The predicted molar refractivity (Wildman–Crippen MR) is 85.9 cm³/mol. The molecule has 0 aromatic carbocycles. The number of ketones is 1. The fourth-order valence-corrected chi connectivity index (χ4v) is 6.43. The minimum atomic E-state index is -0.902. The van der Waals surface area contributed by atoms with E-state index in [9.17, 15) is 9.90 Å². The van der Waals surface area contributed by atoms with E-state index in [0.29, 0.717) is 29.5 Å². The fraction of sp³-hybridized carbons (Fsp3) is 0.750. The minimum absolute atomic E-state index is 0.103. The molecule has 1 N–H and O–H groups in total. The van der Waals surface area contributed by atoms with Crippen LogP contribution in [0.4, 0.5) is 0 Å². The molecule has 0 spiro atoms. The van der Waals surface area contributed by atoms with Gasteiger partial charge in [-0.15, -0.1) is 6.42 Å². The molecule has 3 fully saturated rings. The van der Waals surface area contributed by atoms with Gasteiger partial charge >= 0.3 is 0 Å². The van der Waals surface area contributed by atoms with E-state index < -0.39 is 5.60 Å². The second kappa shape index (κ2) is 4.71. The minimum Gasteiger partial charge on any atom is -0.377 e. The molecule has 4 aliphatic carbocycles. The van der Waals surface area contributed by atoms with Crippen molar-refractivity contribution in [2.45, 2.75) is 63.9 Å². The summed E-state index contributed by atoms with van der Waals surface area (Å²) in [5.41, 5.74) is 0.418. The van der Waals surface area contributed by atoms with Crippen molar-refractivity contribution in [2.24, 2.45) is 29.1 Å². The van der Waals surface area contributed by atoms with Gasteiger partial charge in [-0.3, -0.25) is 4.79 Å². The maximum absolute atomic E-state index is 11.7. The van der Waals surface area contributed by atoms with Crippen LogP contribution in [0.25, 0.3) is 0 Å². The zero-order valence-corrected chi connectivity index (χ0v) is 13.5. The summed E-state index contributed by atoms with van der Waals surface area (Å²) >= 11 is 0. The number of fused-ring (bicyclic) bond motifs is 5. The van der Waals surface area contributed by atoms with Crippen LogP contribution in [0, 0.1) is 41.4 Å². The summed E-state index contributed by atoms with van der Waals surface area (Å²) in [6.07, 6.45) is 15.7. The topological polar surface area (TPSA) is 37.3 Å². The van der Waals surface area contributed by atoms with Crippen molar-refractivity contribution < 1.29 is 9.90 Å². The highest BCUT2D eigenvalue weighted by Gasteiger charge is 2.61. The van der Waals surface area contributed by atoms with Gasteiger partial charge in [-0.25, -0.2) is 0 Å². The maximum Gasteiger partial charge on any atom is 0.155 e. The first kappa shape index (κ1) is 14.5. The van der Waals surface area contributed by atoms with E-state index in [-0.39, 0.29) is 5.41 Å². The zero-order valence-electron chi connectivity index (χ0n) is 13.5. The van der Waals surface area contributed by atoms with Crippen LogP contribution < -0.4 is 0 Å². The second-order valence-electron chi connectivity index (χ2n) is 8.30. The lowest BCUT2D eigenvalue weighted by molar-refractivity contribution is -0.116. The first-order chi connectivity index (χ1) is 10.5. The Morgan fingerprint density at radius 2 is 2.00 bits per heavy atom. The molecule has 0 radical (unpaired) electrons. The number of rotatable bonds is 0. The Hall–Kier alpha value is -1.07. The Labute approximate surface area is 133 Å². The van der Waals surface area contributed by atoms with Gasteiger partial charge in [-0.05, 0) is 74.7 Å². The average molecular weight is 298 g/mol. The van der Waals surface area contributed by atoms with Crippen LogP contribution in [0.5, 0.6) is 0 Å². The first-order valence-electron chi connectivity index (χ1n) is 8.92. The zero-order chi connectivity index (χ0) is 15.5. The Kier molecular flexibility index (Phi) is 3.11. The number of aliphatic hydroxyl groups is 1. The highest BCUT2D eigenvalue weighted by Crippen LogP contribution is 2.64. The molecule has 0 aliphatic heterocycles. The van der Waals surface area contributed by atoms with Gasteiger partial charge in [0.25, 0.3) is 0 Å². The van der Waals surface area contributed by atoms with Crippen molar-refractivity contribution in [1.29, 1.82) is 0 Å². The van der Waals surface area contributed by atoms with Crippen molar-refractivity contribution in [2.75, 3.05) is 0 Å². The van der Waals surface area contributed by atoms with Crippen molar-refractivity contribution >= 4 is 5.78 Å². The summed E-state index contributed by atoms with van der Waals surface area (Å²) in [4.78, 5) is 11.7. The van der Waals surface area contributed by atoms with Crippen molar-refractivity contribution in [3.8, 4) is 12.3 Å². The number of hydrogen-bond donors (Lipinski definition) is 1. The molecule has 118 valence electrons. The van der Waals surface area contributed by atoms with Gasteiger partial charge in [-0.2, -0.15) is 0 Å². The Bertz CT molecular complexity index is 583. The molecule has 0 aromatic heterocycles. The molecule has 0 heterocycles. The van der Waals surface area contributed by atoms with Gasteiger partial charge in [0.05, 0.1) is 0 Å². The van der Waals surface area contributed by atoms with Crippen LogP contribution in [-0.2, 0) is 4.79 Å². The number of carbonyl (C=O) groups excluding carboxylic acids is 1. The highest BCUT2D eigenvalue weighted by atomic mass is 16.3. The molecule has 4 aliphatic rings. The van der Waals surface area contributed by atoms with Gasteiger partial charge in [0.15, 0.2) is 5.78 Å². The molecular formula is C20H26O2. The van der Waals surface area contributed by atoms with E-state index >= 15 is 0 Å². The molecule has 22 heavy (non-hydrogen) atoms. The van der Waals surface area contributed by atoms with Crippen LogP contribution >= 0.6 is 0 Å². The summed E-state index contributed by atoms with van der Waals surface area (Å²) in [6.45, 7) is 2.23. The van der Waals surface area contributed by atoms with E-state index in [1.54, 1.807) is 0 Å². The molecule has 0 saturated heterocycles. The van der Waals surface area contributed by atoms with Gasteiger partial charge in [0.2, 0.25) is 0 Å². The summed E-state index contributed by atoms with van der Waals surface area (Å²) < 4.78 is 0. The predicted octanol–water partition coefficient (Wildman–Crippen LogP) is 3.49. The van der Waals surface area contributed by atoms with Crippen molar-refractivity contribution in [1.82, 2.24) is 0 Å². The summed E-state index contributed by atoms with van der Waals surface area (Å²) in [5, 5.41) is 10.9. The van der Waals surface area contributed by atoms with E-state index in [0.717, 1.165) is 44.9 Å². The fourth-order valence-electron chi connectivity index (χ4n) is 6.43. The van der Waals surface area contributed by atoms with E-state index in [1.165, 1.54) is 12.0 Å². The molecule has 0 unspecified atom stereocenters. The third-order valence-corrected chi connectivity index (χ3v) is 7.69. The number of hydrogen-bond acceptors (Lipinski definition) is 2. The van der Waals surface area contributed by atoms with Crippen LogP contribution in [-0.4, -0.2) is 16.5 Å². The highest BCUT2D eigenvalue weighted by molar-refractivity contribution is 5.91. The third-order valence-electron chi connectivity index (χ3n) is 7.69. The molecule has 0 amide bonds. The quantitative estimate of drug-likeness (QED) is 0.695. The van der Waals surface area contributed by atoms with Gasteiger partial charge < -0.3 is 5.11 Å². The molecule has 0 bridgehead atoms. The standard InChI is InChI=1S/C20H26O2/c1-3-20(22)11-9-18-17-6-4-13-12-14(21)5-7-15(13)16(17)8-10-19(18,20)2/h1,12,15-18,22H,4-11H2,2H3/t15-,16-,17+,18+,19-,20-/m1/s1. The monoisotopic (exact) mass is 298 g/mol.